The first-order valence-corrected chi connectivity index (χ1v) is 18.8. The number of carbonyl (C=O) groups excluding carboxylic acids is 2. The van der Waals surface area contributed by atoms with Crippen LogP contribution in [0.1, 0.15) is 97.1 Å². The Morgan fingerprint density at radius 1 is 0.509 bits per heavy atom. The topological polar surface area (TPSA) is 145 Å². The number of azo groups is 2. The largest absolute Gasteiger partial charge is 0.423 e. The summed E-state index contributed by atoms with van der Waals surface area (Å²) in [6.45, 7) is 4.39. The minimum absolute atomic E-state index is 0.130. The smallest absolute Gasteiger partial charge is 0.350 e. The lowest BCUT2D eigenvalue weighted by Crippen LogP contribution is -2.16. The lowest BCUT2D eigenvalue weighted by atomic mass is 10.1. The number of carbonyl (C=O) groups is 2. The maximum atomic E-state index is 13.1. The van der Waals surface area contributed by atoms with Crippen molar-refractivity contribution in [3.63, 3.8) is 0 Å². The highest BCUT2D eigenvalue weighted by atomic mass is 16.6. The lowest BCUT2D eigenvalue weighted by molar-refractivity contribution is -0.385. The second-order valence-corrected chi connectivity index (χ2v) is 13.1. The van der Waals surface area contributed by atoms with Gasteiger partial charge in [0.25, 0.3) is 5.69 Å². The Balaban J connectivity index is 1.17. The summed E-state index contributed by atoms with van der Waals surface area (Å²) in [5.41, 5.74) is 3.45. The predicted octanol–water partition coefficient (Wildman–Crippen LogP) is 13.1. The molecule has 0 bridgehead atoms. The highest BCUT2D eigenvalue weighted by Gasteiger charge is 2.30. The fourth-order valence-electron chi connectivity index (χ4n) is 5.76. The van der Waals surface area contributed by atoms with Gasteiger partial charge < -0.3 is 9.47 Å². The van der Waals surface area contributed by atoms with E-state index >= 15 is 0 Å². The number of esters is 2. The van der Waals surface area contributed by atoms with Crippen molar-refractivity contribution in [3.8, 4) is 11.5 Å². The Morgan fingerprint density at radius 3 is 1.18 bits per heavy atom. The number of ether oxygens (including phenoxy) is 2. The summed E-state index contributed by atoms with van der Waals surface area (Å²) >= 11 is 0. The van der Waals surface area contributed by atoms with Crippen molar-refractivity contribution in [2.24, 2.45) is 20.5 Å². The number of benzene rings is 5. The van der Waals surface area contributed by atoms with Crippen LogP contribution in [0.5, 0.6) is 11.5 Å². The van der Waals surface area contributed by atoms with Gasteiger partial charge in [0, 0.05) is 0 Å². The van der Waals surface area contributed by atoms with E-state index in [2.05, 4.69) is 58.6 Å². The van der Waals surface area contributed by atoms with E-state index in [0.29, 0.717) is 22.7 Å². The fraction of sp³-hybridized carbons (Fsp3) is 0.273. The molecule has 0 heterocycles. The Hall–Kier alpha value is -6.36. The van der Waals surface area contributed by atoms with Gasteiger partial charge in [0.05, 0.1) is 27.7 Å². The van der Waals surface area contributed by atoms with Crippen LogP contribution >= 0.6 is 0 Å². The zero-order valence-electron chi connectivity index (χ0n) is 31.2. The standard InChI is InChI=1S/C44H45N5O6/c1-3-5-7-9-12-32-16-20-34(21-17-32)45-47-36-24-28-38(29-25-36)54-43(50)40-14-11-15-41(42(40)49(52)53)44(51)55-39-30-26-37(27-31-39)48-46-35-22-18-33(19-23-35)13-10-8-6-4-2/h11,14-31H,3-10,12-13H2,1-2H3. The summed E-state index contributed by atoms with van der Waals surface area (Å²) in [6.07, 6.45) is 11.8. The van der Waals surface area contributed by atoms with Gasteiger partial charge in [-0.3, -0.25) is 10.1 Å². The van der Waals surface area contributed by atoms with Crippen LogP contribution in [0.15, 0.2) is 136 Å². The SMILES string of the molecule is CCCCCCc1ccc(N=Nc2ccc(OC(=O)c3cccc(C(=O)Oc4ccc(N=Nc5ccc(CCCCCC)cc5)cc4)c3[N+](=O)[O-])cc2)cc1. The van der Waals surface area contributed by atoms with Crippen molar-refractivity contribution < 1.29 is 24.0 Å². The third kappa shape index (κ3) is 12.3. The number of hydrogen-bond acceptors (Lipinski definition) is 10. The highest BCUT2D eigenvalue weighted by Crippen LogP contribution is 2.29. The molecule has 11 nitrogen and oxygen atoms in total. The molecule has 5 rings (SSSR count). The molecule has 5 aromatic rings. The van der Waals surface area contributed by atoms with Crippen molar-refractivity contribution in [1.82, 2.24) is 0 Å². The second kappa shape index (κ2) is 20.8. The molecule has 55 heavy (non-hydrogen) atoms. The maximum Gasteiger partial charge on any atom is 0.350 e. The molecule has 0 fully saturated rings. The average Bonchev–Trinajstić information content (AvgIpc) is 3.21. The molecule has 11 heteroatoms. The van der Waals surface area contributed by atoms with Crippen LogP contribution in [-0.2, 0) is 12.8 Å². The van der Waals surface area contributed by atoms with E-state index in [1.165, 1.54) is 92.1 Å². The molecule has 0 aromatic heterocycles. The summed E-state index contributed by atoms with van der Waals surface area (Å²) in [6, 6.07) is 32.1. The van der Waals surface area contributed by atoms with Crippen LogP contribution in [0.2, 0.25) is 0 Å². The van der Waals surface area contributed by atoms with Gasteiger partial charge in [-0.15, -0.1) is 0 Å². The first-order valence-electron chi connectivity index (χ1n) is 18.8. The number of para-hydroxylation sites is 1. The third-order valence-corrected chi connectivity index (χ3v) is 8.83. The molecule has 0 radical (unpaired) electrons. The predicted molar refractivity (Wildman–Crippen MR) is 213 cm³/mol. The molecule has 0 aliphatic heterocycles. The van der Waals surface area contributed by atoms with Crippen LogP contribution in [0.25, 0.3) is 0 Å². The zero-order valence-corrected chi connectivity index (χ0v) is 31.2. The minimum atomic E-state index is -1.01. The van der Waals surface area contributed by atoms with Crippen LogP contribution in [-0.4, -0.2) is 16.9 Å². The van der Waals surface area contributed by atoms with Gasteiger partial charge >= 0.3 is 11.9 Å². The van der Waals surface area contributed by atoms with Crippen LogP contribution in [0.3, 0.4) is 0 Å². The maximum absolute atomic E-state index is 13.1. The summed E-state index contributed by atoms with van der Waals surface area (Å²) in [4.78, 5) is 37.6. The molecule has 5 aromatic carbocycles. The van der Waals surface area contributed by atoms with E-state index in [1.807, 2.05) is 24.3 Å². The van der Waals surface area contributed by atoms with Gasteiger partial charge in [-0.2, -0.15) is 20.5 Å². The van der Waals surface area contributed by atoms with Gasteiger partial charge in [-0.1, -0.05) is 82.7 Å². The zero-order chi connectivity index (χ0) is 38.8. The van der Waals surface area contributed by atoms with Crippen molar-refractivity contribution in [1.29, 1.82) is 0 Å². The van der Waals surface area contributed by atoms with Crippen LogP contribution < -0.4 is 9.47 Å². The summed E-state index contributed by atoms with van der Waals surface area (Å²) in [7, 11) is 0. The Bertz CT molecular complexity index is 1940. The first kappa shape index (κ1) is 39.8. The lowest BCUT2D eigenvalue weighted by Gasteiger charge is -2.09. The molecule has 0 saturated carbocycles. The quantitative estimate of drug-likeness (QED) is 0.0206. The van der Waals surface area contributed by atoms with Crippen LogP contribution in [0, 0.1) is 10.1 Å². The van der Waals surface area contributed by atoms with E-state index in [0.717, 1.165) is 25.7 Å². The van der Waals surface area contributed by atoms with Crippen LogP contribution in [0.4, 0.5) is 28.4 Å². The normalized spacial score (nSPS) is 11.2. The number of nitrogens with zero attached hydrogens (tertiary/aromatic N) is 5. The van der Waals surface area contributed by atoms with E-state index < -0.39 is 33.7 Å². The molecule has 0 unspecified atom stereocenters. The third-order valence-electron chi connectivity index (χ3n) is 8.83. The Kier molecular flexibility index (Phi) is 15.0. The van der Waals surface area contributed by atoms with E-state index in [-0.39, 0.29) is 11.5 Å². The average molecular weight is 740 g/mol. The van der Waals surface area contributed by atoms with Crippen molar-refractivity contribution in [2.45, 2.75) is 78.1 Å². The summed E-state index contributed by atoms with van der Waals surface area (Å²) in [5.74, 6) is -1.76. The second-order valence-electron chi connectivity index (χ2n) is 13.1. The van der Waals surface area contributed by atoms with E-state index in [4.69, 9.17) is 9.47 Å². The number of aryl methyl sites for hydroxylation is 2. The number of nitro benzene ring substituents is 1. The molecule has 0 amide bonds. The van der Waals surface area contributed by atoms with E-state index in [9.17, 15) is 19.7 Å². The summed E-state index contributed by atoms with van der Waals surface area (Å²) < 4.78 is 10.9. The minimum Gasteiger partial charge on any atom is -0.423 e. The van der Waals surface area contributed by atoms with Gasteiger partial charge in [-0.05, 0) is 122 Å². The first-order chi connectivity index (χ1) is 26.8. The highest BCUT2D eigenvalue weighted by molar-refractivity contribution is 6.03. The molecule has 0 N–H and O–H groups in total. The number of unbranched alkanes of at least 4 members (excludes halogenated alkanes) is 6. The van der Waals surface area contributed by atoms with Crippen molar-refractivity contribution in [2.75, 3.05) is 0 Å². The van der Waals surface area contributed by atoms with Gasteiger partial charge in [-0.25, -0.2) is 9.59 Å². The molecule has 0 aliphatic rings. The Morgan fingerprint density at radius 2 is 0.855 bits per heavy atom. The Labute approximate surface area is 321 Å². The number of rotatable bonds is 19. The number of hydrogen-bond donors (Lipinski definition) is 0. The van der Waals surface area contributed by atoms with E-state index in [1.54, 1.807) is 24.3 Å². The molecular formula is C44H45N5O6. The monoisotopic (exact) mass is 739 g/mol. The van der Waals surface area contributed by atoms with Gasteiger partial charge in [0.15, 0.2) is 0 Å². The molecule has 0 aliphatic carbocycles. The van der Waals surface area contributed by atoms with Gasteiger partial charge in [0.1, 0.15) is 22.6 Å². The van der Waals surface area contributed by atoms with Gasteiger partial charge in [0.2, 0.25) is 0 Å². The summed E-state index contributed by atoms with van der Waals surface area (Å²) in [5, 5.41) is 29.2. The van der Waals surface area contributed by atoms with Crippen molar-refractivity contribution in [3.05, 3.63) is 148 Å². The molecule has 0 atom stereocenters. The molecule has 0 saturated heterocycles. The molecular weight excluding hydrogens is 695 g/mol. The fourth-order valence-corrected chi connectivity index (χ4v) is 5.76. The van der Waals surface area contributed by atoms with Crippen molar-refractivity contribution >= 4 is 40.4 Å². The number of nitro groups is 1. The molecule has 0 spiro atoms. The molecule has 282 valence electrons.